The van der Waals surface area contributed by atoms with E-state index in [2.05, 4.69) is 11.8 Å². The molecular formula is C13H21NO3. The van der Waals surface area contributed by atoms with Gasteiger partial charge in [-0.2, -0.15) is 0 Å². The Morgan fingerprint density at radius 2 is 1.47 bits per heavy atom. The molecule has 0 radical (unpaired) electrons. The van der Waals surface area contributed by atoms with Gasteiger partial charge in [0.2, 0.25) is 0 Å². The maximum atomic E-state index is 5.67. The van der Waals surface area contributed by atoms with Crippen LogP contribution in [0.2, 0.25) is 0 Å². The van der Waals surface area contributed by atoms with Crippen molar-refractivity contribution >= 4 is 0 Å². The van der Waals surface area contributed by atoms with Crippen LogP contribution in [0.25, 0.3) is 0 Å². The molecule has 0 spiro atoms. The van der Waals surface area contributed by atoms with Gasteiger partial charge in [0.05, 0.1) is 6.10 Å². The number of hydrogen-bond donors (Lipinski definition) is 1. The zero-order valence-corrected chi connectivity index (χ0v) is 10.7. The predicted octanol–water partition coefficient (Wildman–Crippen LogP) is 2.52. The molecule has 0 amide bonds. The van der Waals surface area contributed by atoms with Crippen LogP contribution in [-0.4, -0.2) is 18.8 Å². The maximum absolute atomic E-state index is 5.67. The lowest BCUT2D eigenvalue weighted by Crippen LogP contribution is -2.21. The van der Waals surface area contributed by atoms with E-state index in [1.165, 1.54) is 0 Å². The molecule has 0 aliphatic carbocycles. The van der Waals surface area contributed by atoms with E-state index >= 15 is 0 Å². The smallest absolute Gasteiger partial charge is 0.121 e. The van der Waals surface area contributed by atoms with E-state index in [1.54, 1.807) is 0 Å². The molecule has 0 aliphatic heterocycles. The number of benzene rings is 1. The van der Waals surface area contributed by atoms with Crippen LogP contribution in [0.5, 0.6) is 11.5 Å². The van der Waals surface area contributed by atoms with Crippen molar-refractivity contribution in [1.82, 2.24) is 0 Å². The van der Waals surface area contributed by atoms with Gasteiger partial charge in [0.15, 0.2) is 0 Å². The molecule has 0 fully saturated rings. The molecule has 0 saturated carbocycles. The Bertz CT molecular complexity index is 313. The van der Waals surface area contributed by atoms with Crippen molar-refractivity contribution in [2.24, 2.45) is 5.90 Å². The Balaban J connectivity index is 2.49. The quantitative estimate of drug-likeness (QED) is 0.743. The summed E-state index contributed by atoms with van der Waals surface area (Å²) in [5.41, 5.74) is 0. The molecule has 17 heavy (non-hydrogen) atoms. The number of nitrogens with two attached hydrogens (primary N) is 1. The summed E-state index contributed by atoms with van der Waals surface area (Å²) in [6.07, 6.45) is 1.15. The van der Waals surface area contributed by atoms with Crippen LogP contribution >= 0.6 is 0 Å². The third-order valence-electron chi connectivity index (χ3n) is 2.40. The van der Waals surface area contributed by atoms with Crippen LogP contribution in [0.1, 0.15) is 27.2 Å². The molecule has 0 heterocycles. The van der Waals surface area contributed by atoms with E-state index in [0.29, 0.717) is 6.61 Å². The second kappa shape index (κ2) is 7.14. The average Bonchev–Trinajstić information content (AvgIpc) is 2.32. The second-order valence-electron chi connectivity index (χ2n) is 4.07. The highest BCUT2D eigenvalue weighted by Gasteiger charge is 2.05. The van der Waals surface area contributed by atoms with Crippen molar-refractivity contribution in [2.45, 2.75) is 39.4 Å². The van der Waals surface area contributed by atoms with Gasteiger partial charge in [-0.3, -0.25) is 0 Å². The monoisotopic (exact) mass is 239 g/mol. The second-order valence-corrected chi connectivity index (χ2v) is 4.07. The highest BCUT2D eigenvalue weighted by molar-refractivity contribution is 5.31. The summed E-state index contributed by atoms with van der Waals surface area (Å²) < 4.78 is 11.3. The van der Waals surface area contributed by atoms with Gasteiger partial charge in [0.25, 0.3) is 0 Å². The highest BCUT2D eigenvalue weighted by atomic mass is 16.6. The van der Waals surface area contributed by atoms with Crippen molar-refractivity contribution in [3.63, 3.8) is 0 Å². The Morgan fingerprint density at radius 3 is 1.88 bits per heavy atom. The summed E-state index contributed by atoms with van der Waals surface area (Å²) in [5.74, 6) is 6.62. The van der Waals surface area contributed by atoms with Gasteiger partial charge >= 0.3 is 0 Å². The van der Waals surface area contributed by atoms with Gasteiger partial charge in [-0.25, -0.2) is 5.90 Å². The van der Waals surface area contributed by atoms with E-state index < -0.39 is 0 Å². The third-order valence-corrected chi connectivity index (χ3v) is 2.40. The van der Waals surface area contributed by atoms with Crippen molar-refractivity contribution in [1.29, 1.82) is 0 Å². The zero-order valence-electron chi connectivity index (χ0n) is 10.7. The summed E-state index contributed by atoms with van der Waals surface area (Å²) in [5, 5.41) is 0. The average molecular weight is 239 g/mol. The molecule has 96 valence electrons. The molecule has 4 heteroatoms. The van der Waals surface area contributed by atoms with Crippen LogP contribution in [0.4, 0.5) is 0 Å². The van der Waals surface area contributed by atoms with Gasteiger partial charge in [0, 0.05) is 0 Å². The largest absolute Gasteiger partial charge is 0.491 e. The summed E-state index contributed by atoms with van der Waals surface area (Å²) in [4.78, 5) is 4.52. The molecule has 2 N–H and O–H groups in total. The molecular weight excluding hydrogens is 218 g/mol. The van der Waals surface area contributed by atoms with Crippen molar-refractivity contribution < 1.29 is 14.3 Å². The molecule has 0 aromatic heterocycles. The molecule has 0 bridgehead atoms. The van der Waals surface area contributed by atoms with Crippen molar-refractivity contribution in [3.8, 4) is 11.5 Å². The minimum absolute atomic E-state index is 0.0682. The molecule has 0 saturated heterocycles. The van der Waals surface area contributed by atoms with E-state index in [-0.39, 0.29) is 12.2 Å². The van der Waals surface area contributed by atoms with Gasteiger partial charge in [0.1, 0.15) is 24.2 Å². The van der Waals surface area contributed by atoms with Crippen LogP contribution < -0.4 is 15.4 Å². The van der Waals surface area contributed by atoms with Gasteiger partial charge in [-0.15, -0.1) is 0 Å². The zero-order chi connectivity index (χ0) is 12.7. The van der Waals surface area contributed by atoms with Crippen molar-refractivity contribution in [3.05, 3.63) is 24.3 Å². The fourth-order valence-corrected chi connectivity index (χ4v) is 1.31. The number of ether oxygens (including phenoxy) is 2. The lowest BCUT2D eigenvalue weighted by atomic mass is 10.3. The number of hydrogen-bond acceptors (Lipinski definition) is 4. The first-order valence-corrected chi connectivity index (χ1v) is 5.90. The Hall–Kier alpha value is -1.26. The first-order chi connectivity index (χ1) is 8.15. The van der Waals surface area contributed by atoms with Crippen LogP contribution in [-0.2, 0) is 4.84 Å². The first kappa shape index (κ1) is 13.8. The Morgan fingerprint density at radius 1 is 1.00 bits per heavy atom. The third kappa shape index (κ3) is 5.06. The minimum Gasteiger partial charge on any atom is -0.491 e. The highest BCUT2D eigenvalue weighted by Crippen LogP contribution is 2.20. The van der Waals surface area contributed by atoms with Gasteiger partial charge in [-0.05, 0) is 44.5 Å². The summed E-state index contributed by atoms with van der Waals surface area (Å²) in [6.45, 7) is 6.41. The van der Waals surface area contributed by atoms with Crippen molar-refractivity contribution in [2.75, 3.05) is 6.61 Å². The number of rotatable bonds is 7. The van der Waals surface area contributed by atoms with Gasteiger partial charge in [-0.1, -0.05) is 6.92 Å². The molecule has 1 aromatic carbocycles. The maximum Gasteiger partial charge on any atom is 0.121 e. The van der Waals surface area contributed by atoms with Crippen LogP contribution in [0, 0.1) is 0 Å². The molecule has 2 unspecified atom stereocenters. The van der Waals surface area contributed by atoms with Crippen LogP contribution in [0.15, 0.2) is 24.3 Å². The summed E-state index contributed by atoms with van der Waals surface area (Å²) in [7, 11) is 0. The molecule has 4 nitrogen and oxygen atoms in total. The molecule has 1 aromatic rings. The van der Waals surface area contributed by atoms with E-state index in [9.17, 15) is 0 Å². The molecule has 0 aliphatic rings. The molecule has 2 atom stereocenters. The fraction of sp³-hybridized carbons (Fsp3) is 0.538. The Kier molecular flexibility index (Phi) is 5.80. The van der Waals surface area contributed by atoms with Gasteiger partial charge < -0.3 is 14.3 Å². The lowest BCUT2D eigenvalue weighted by molar-refractivity contribution is 0.0589. The normalized spacial score (nSPS) is 14.1. The SMILES string of the molecule is CCC(C)Oc1ccc(OC(C)CON)cc1. The summed E-state index contributed by atoms with van der Waals surface area (Å²) in [6, 6.07) is 7.56. The topological polar surface area (TPSA) is 53.7 Å². The van der Waals surface area contributed by atoms with E-state index in [1.807, 2.05) is 38.1 Å². The van der Waals surface area contributed by atoms with Crippen LogP contribution in [0.3, 0.4) is 0 Å². The molecule has 1 rings (SSSR count). The standard InChI is InChI=1S/C13H21NO3/c1-4-10(2)16-12-5-7-13(8-6-12)17-11(3)9-15-14/h5-8,10-11H,4,9,14H2,1-3H3. The predicted molar refractivity (Wildman–Crippen MR) is 67.1 cm³/mol. The first-order valence-electron chi connectivity index (χ1n) is 5.90. The summed E-state index contributed by atoms with van der Waals surface area (Å²) >= 11 is 0. The Labute approximate surface area is 103 Å². The van der Waals surface area contributed by atoms with E-state index in [4.69, 9.17) is 15.4 Å². The van der Waals surface area contributed by atoms with E-state index in [0.717, 1.165) is 17.9 Å². The lowest BCUT2D eigenvalue weighted by Gasteiger charge is -2.15. The fourth-order valence-electron chi connectivity index (χ4n) is 1.31. The minimum atomic E-state index is -0.0682.